The molecule has 1 heterocycles. The van der Waals surface area contributed by atoms with E-state index in [0.717, 1.165) is 21.1 Å². The molecule has 4 amide bonds. The lowest BCUT2D eigenvalue weighted by Crippen LogP contribution is -2.36. The van der Waals surface area contributed by atoms with Gasteiger partial charge in [0.25, 0.3) is 17.1 Å². The van der Waals surface area contributed by atoms with Gasteiger partial charge in [0.05, 0.1) is 12.0 Å². The number of para-hydroxylation sites is 1. The summed E-state index contributed by atoms with van der Waals surface area (Å²) < 4.78 is 11.8. The molecule has 0 aliphatic carbocycles. The number of methoxy groups -OCH3 is 1. The molecule has 0 atom stereocenters. The minimum atomic E-state index is -0.567. The first-order valence-electron chi connectivity index (χ1n) is 11.3. The number of benzene rings is 3. The molecule has 38 heavy (non-hydrogen) atoms. The molecule has 1 saturated heterocycles. The summed E-state index contributed by atoms with van der Waals surface area (Å²) in [7, 11) is 1.45. The monoisotopic (exact) mass is 595 g/mol. The Morgan fingerprint density at radius 1 is 0.921 bits per heavy atom. The molecule has 0 aromatic heterocycles. The molecule has 0 unspecified atom stereocenters. The van der Waals surface area contributed by atoms with E-state index < -0.39 is 23.6 Å². The average Bonchev–Trinajstić information content (AvgIpc) is 3.16. The van der Waals surface area contributed by atoms with E-state index >= 15 is 0 Å². The number of anilines is 2. The summed E-state index contributed by atoms with van der Waals surface area (Å²) in [6.07, 6.45) is 1.53. The molecule has 3 aromatic carbocycles. The Morgan fingerprint density at radius 3 is 2.32 bits per heavy atom. The summed E-state index contributed by atoms with van der Waals surface area (Å²) in [4.78, 5) is 50.9. The number of carbonyl (C=O) groups excluding carboxylic acids is 4. The van der Waals surface area contributed by atoms with Gasteiger partial charge in [-0.3, -0.25) is 24.1 Å². The van der Waals surface area contributed by atoms with Crippen LogP contribution in [0.5, 0.6) is 11.5 Å². The molecule has 0 bridgehead atoms. The third-order valence-corrected chi connectivity index (χ3v) is 6.64. The van der Waals surface area contributed by atoms with E-state index in [0.29, 0.717) is 28.4 Å². The SMILES string of the molecule is COc1cc(/C=C2\SC(=O)N(CC(=O)Nc3ccc(Br)cc3)C2=O)ccc1OCC(=O)Nc1ccccc1. The predicted octanol–water partition coefficient (Wildman–Crippen LogP) is 5.15. The van der Waals surface area contributed by atoms with Crippen molar-refractivity contribution in [3.05, 3.63) is 87.7 Å². The zero-order chi connectivity index (χ0) is 27.1. The molecule has 11 heteroatoms. The summed E-state index contributed by atoms with van der Waals surface area (Å²) in [5.41, 5.74) is 1.78. The van der Waals surface area contributed by atoms with Gasteiger partial charge in [0.15, 0.2) is 18.1 Å². The van der Waals surface area contributed by atoms with Crippen molar-refractivity contribution in [1.29, 1.82) is 0 Å². The molecule has 3 aromatic rings. The van der Waals surface area contributed by atoms with E-state index in [2.05, 4.69) is 26.6 Å². The molecule has 194 valence electrons. The van der Waals surface area contributed by atoms with E-state index in [4.69, 9.17) is 9.47 Å². The van der Waals surface area contributed by atoms with Gasteiger partial charge in [-0.25, -0.2) is 0 Å². The number of amides is 4. The summed E-state index contributed by atoms with van der Waals surface area (Å²) in [5.74, 6) is -0.705. The van der Waals surface area contributed by atoms with Crippen LogP contribution in [0.1, 0.15) is 5.56 Å². The van der Waals surface area contributed by atoms with Gasteiger partial charge >= 0.3 is 0 Å². The molecule has 9 nitrogen and oxygen atoms in total. The first-order valence-corrected chi connectivity index (χ1v) is 12.9. The van der Waals surface area contributed by atoms with Crippen molar-refractivity contribution in [2.24, 2.45) is 0 Å². The first kappa shape index (κ1) is 27.0. The van der Waals surface area contributed by atoms with E-state index in [9.17, 15) is 19.2 Å². The summed E-state index contributed by atoms with van der Waals surface area (Å²) >= 11 is 4.07. The van der Waals surface area contributed by atoms with Crippen molar-refractivity contribution in [3.63, 3.8) is 0 Å². The molecule has 1 fully saturated rings. The number of nitrogens with one attached hydrogen (secondary N) is 2. The number of rotatable bonds is 9. The van der Waals surface area contributed by atoms with Crippen LogP contribution in [0.2, 0.25) is 0 Å². The highest BCUT2D eigenvalue weighted by Gasteiger charge is 2.36. The van der Waals surface area contributed by atoms with Crippen LogP contribution >= 0.6 is 27.7 Å². The highest BCUT2D eigenvalue weighted by Crippen LogP contribution is 2.34. The third-order valence-electron chi connectivity index (χ3n) is 5.21. The summed E-state index contributed by atoms with van der Waals surface area (Å²) in [6.45, 7) is -0.634. The van der Waals surface area contributed by atoms with E-state index in [1.807, 2.05) is 18.2 Å². The fourth-order valence-corrected chi connectivity index (χ4v) is 4.52. The summed E-state index contributed by atoms with van der Waals surface area (Å²) in [5, 5.41) is 4.85. The molecular formula is C27H22BrN3O6S. The van der Waals surface area contributed by atoms with Crippen LogP contribution in [0.3, 0.4) is 0 Å². The second kappa shape index (κ2) is 12.4. The number of hydrogen-bond donors (Lipinski definition) is 2. The fraction of sp³-hybridized carbons (Fsp3) is 0.111. The molecule has 1 aliphatic heterocycles. The van der Waals surface area contributed by atoms with Crippen LogP contribution in [-0.4, -0.2) is 48.1 Å². The summed E-state index contributed by atoms with van der Waals surface area (Å²) in [6, 6.07) is 20.8. The van der Waals surface area contributed by atoms with Crippen molar-refractivity contribution in [2.75, 3.05) is 30.9 Å². The minimum Gasteiger partial charge on any atom is -0.493 e. The maximum absolute atomic E-state index is 12.8. The molecular weight excluding hydrogens is 574 g/mol. The van der Waals surface area contributed by atoms with Crippen LogP contribution in [-0.2, 0) is 14.4 Å². The molecule has 0 spiro atoms. The third kappa shape index (κ3) is 7.02. The van der Waals surface area contributed by atoms with Crippen LogP contribution in [0.25, 0.3) is 6.08 Å². The van der Waals surface area contributed by atoms with Gasteiger partial charge in [-0.05, 0) is 71.9 Å². The normalized spacial score (nSPS) is 13.9. The number of ether oxygens (including phenoxy) is 2. The van der Waals surface area contributed by atoms with Crippen molar-refractivity contribution in [3.8, 4) is 11.5 Å². The minimum absolute atomic E-state index is 0.171. The van der Waals surface area contributed by atoms with Gasteiger partial charge in [0.2, 0.25) is 5.91 Å². The molecule has 0 saturated carbocycles. The molecule has 2 N–H and O–H groups in total. The number of imide groups is 1. The number of halogens is 1. The Balaban J connectivity index is 1.38. The van der Waals surface area contributed by atoms with E-state index in [1.165, 1.54) is 13.2 Å². The van der Waals surface area contributed by atoms with Gasteiger partial charge in [-0.1, -0.05) is 40.2 Å². The Kier molecular flexibility index (Phi) is 8.82. The van der Waals surface area contributed by atoms with Gasteiger partial charge in [0, 0.05) is 15.8 Å². The molecule has 1 aliphatic rings. The van der Waals surface area contributed by atoms with E-state index in [-0.39, 0.29) is 17.4 Å². The molecule has 0 radical (unpaired) electrons. The highest BCUT2D eigenvalue weighted by molar-refractivity contribution is 9.10. The lowest BCUT2D eigenvalue weighted by molar-refractivity contribution is -0.127. The standard InChI is InChI=1S/C27H22BrN3O6S/c1-36-22-13-17(7-12-21(22)37-16-25(33)30-19-5-3-2-4-6-19)14-23-26(34)31(27(35)38-23)15-24(32)29-20-10-8-18(28)9-11-20/h2-14H,15-16H2,1H3,(H,29,32)(H,30,33)/b23-14-. The van der Waals surface area contributed by atoms with Crippen LogP contribution in [0.4, 0.5) is 16.2 Å². The first-order chi connectivity index (χ1) is 18.3. The largest absolute Gasteiger partial charge is 0.493 e. The maximum atomic E-state index is 12.8. The Labute approximate surface area is 231 Å². The molecule has 4 rings (SSSR count). The lowest BCUT2D eigenvalue weighted by Gasteiger charge is -2.13. The maximum Gasteiger partial charge on any atom is 0.294 e. The van der Waals surface area contributed by atoms with Crippen molar-refractivity contribution in [1.82, 2.24) is 4.90 Å². The quantitative estimate of drug-likeness (QED) is 0.329. The number of nitrogens with zero attached hydrogens (tertiary/aromatic N) is 1. The van der Waals surface area contributed by atoms with Crippen LogP contribution < -0.4 is 20.1 Å². The van der Waals surface area contributed by atoms with Gasteiger partial charge in [-0.15, -0.1) is 0 Å². The second-order valence-corrected chi connectivity index (χ2v) is 9.84. The van der Waals surface area contributed by atoms with Crippen molar-refractivity contribution >= 4 is 68.1 Å². The topological polar surface area (TPSA) is 114 Å². The predicted molar refractivity (Wildman–Crippen MR) is 149 cm³/mol. The van der Waals surface area contributed by atoms with Gasteiger partial charge < -0.3 is 20.1 Å². The number of carbonyl (C=O) groups is 4. The van der Waals surface area contributed by atoms with Gasteiger partial charge in [0.1, 0.15) is 6.54 Å². The zero-order valence-electron chi connectivity index (χ0n) is 20.1. The van der Waals surface area contributed by atoms with Crippen LogP contribution in [0, 0.1) is 0 Å². The van der Waals surface area contributed by atoms with Crippen LogP contribution in [0.15, 0.2) is 82.2 Å². The fourth-order valence-electron chi connectivity index (χ4n) is 3.42. The van der Waals surface area contributed by atoms with Gasteiger partial charge in [-0.2, -0.15) is 0 Å². The highest BCUT2D eigenvalue weighted by atomic mass is 79.9. The Bertz CT molecular complexity index is 1400. The lowest BCUT2D eigenvalue weighted by atomic mass is 10.2. The average molecular weight is 596 g/mol. The number of hydrogen-bond acceptors (Lipinski definition) is 7. The van der Waals surface area contributed by atoms with E-state index in [1.54, 1.807) is 54.6 Å². The smallest absolute Gasteiger partial charge is 0.294 e. The van der Waals surface area contributed by atoms with Crippen molar-refractivity contribution in [2.45, 2.75) is 0 Å². The Hall–Kier alpha value is -4.09. The zero-order valence-corrected chi connectivity index (χ0v) is 22.5. The second-order valence-electron chi connectivity index (χ2n) is 7.94. The number of thioether (sulfide) groups is 1. The van der Waals surface area contributed by atoms with Crippen molar-refractivity contribution < 1.29 is 28.7 Å². The Morgan fingerprint density at radius 2 is 1.61 bits per heavy atom.